The summed E-state index contributed by atoms with van der Waals surface area (Å²) in [6.45, 7) is 2.13. The van der Waals surface area contributed by atoms with Crippen LogP contribution in [0, 0.1) is 0 Å². The lowest BCUT2D eigenvalue weighted by Crippen LogP contribution is -2.40. The molecule has 0 unspecified atom stereocenters. The predicted octanol–water partition coefficient (Wildman–Crippen LogP) is 2.29. The molecule has 2 aromatic rings. The summed E-state index contributed by atoms with van der Waals surface area (Å²) in [7, 11) is -3.45. The van der Waals surface area contributed by atoms with Gasteiger partial charge < -0.3 is 9.47 Å². The average Bonchev–Trinajstić information content (AvgIpc) is 2.62. The topological polar surface area (TPSA) is 55.8 Å². The van der Waals surface area contributed by atoms with Crippen LogP contribution in [0.2, 0.25) is 0 Å². The number of hydrogen-bond donors (Lipinski definition) is 0. The van der Waals surface area contributed by atoms with E-state index in [1.54, 1.807) is 24.3 Å². The van der Waals surface area contributed by atoms with Crippen molar-refractivity contribution >= 4 is 10.0 Å². The smallest absolute Gasteiger partial charge is 0.243 e. The lowest BCUT2D eigenvalue weighted by Gasteiger charge is -2.26. The molecule has 0 radical (unpaired) electrons. The maximum Gasteiger partial charge on any atom is 0.243 e. The van der Waals surface area contributed by atoms with E-state index < -0.39 is 10.0 Å². The highest BCUT2D eigenvalue weighted by Gasteiger charge is 2.26. The first-order chi connectivity index (χ1) is 11.2. The summed E-state index contributed by atoms with van der Waals surface area (Å²) in [5.41, 5.74) is 1.07. The number of rotatable bonds is 5. The molecule has 23 heavy (non-hydrogen) atoms. The molecule has 0 N–H and O–H groups in total. The Balaban J connectivity index is 1.66. The van der Waals surface area contributed by atoms with Crippen molar-refractivity contribution in [1.29, 1.82) is 0 Å². The van der Waals surface area contributed by atoms with Gasteiger partial charge in [-0.3, -0.25) is 0 Å². The first-order valence-corrected chi connectivity index (χ1v) is 8.95. The van der Waals surface area contributed by atoms with E-state index in [-0.39, 0.29) is 4.90 Å². The molecule has 0 amide bonds. The fourth-order valence-electron chi connectivity index (χ4n) is 2.38. The van der Waals surface area contributed by atoms with E-state index in [0.717, 1.165) is 5.56 Å². The number of nitrogens with zero attached hydrogens (tertiary/aromatic N) is 1. The maximum absolute atomic E-state index is 12.5. The Morgan fingerprint density at radius 2 is 1.61 bits per heavy atom. The number of hydrogen-bond acceptors (Lipinski definition) is 4. The van der Waals surface area contributed by atoms with E-state index in [2.05, 4.69) is 0 Å². The highest BCUT2D eigenvalue weighted by atomic mass is 32.2. The van der Waals surface area contributed by atoms with Crippen LogP contribution in [0.25, 0.3) is 0 Å². The van der Waals surface area contributed by atoms with Crippen LogP contribution in [0.15, 0.2) is 59.5 Å². The van der Waals surface area contributed by atoms with Gasteiger partial charge in [-0.15, -0.1) is 0 Å². The van der Waals surface area contributed by atoms with Gasteiger partial charge in [0.05, 0.1) is 18.1 Å². The van der Waals surface area contributed by atoms with Crippen molar-refractivity contribution < 1.29 is 17.9 Å². The van der Waals surface area contributed by atoms with Gasteiger partial charge in [-0.25, -0.2) is 8.42 Å². The second-order valence-electron chi connectivity index (χ2n) is 5.26. The summed E-state index contributed by atoms with van der Waals surface area (Å²) in [5, 5.41) is 0. The van der Waals surface area contributed by atoms with Gasteiger partial charge in [0.2, 0.25) is 10.0 Å². The Morgan fingerprint density at radius 3 is 2.26 bits per heavy atom. The molecular formula is C17H19NO4S. The summed E-state index contributed by atoms with van der Waals surface area (Å²) < 4.78 is 37.3. The van der Waals surface area contributed by atoms with Crippen LogP contribution in [-0.2, 0) is 21.4 Å². The molecule has 1 saturated heterocycles. The van der Waals surface area contributed by atoms with Gasteiger partial charge in [0.1, 0.15) is 12.4 Å². The zero-order chi connectivity index (χ0) is 16.1. The van der Waals surface area contributed by atoms with Gasteiger partial charge >= 0.3 is 0 Å². The monoisotopic (exact) mass is 333 g/mol. The minimum atomic E-state index is -3.45. The highest BCUT2D eigenvalue weighted by molar-refractivity contribution is 7.89. The number of morpholine rings is 1. The van der Waals surface area contributed by atoms with Crippen LogP contribution in [0.5, 0.6) is 5.75 Å². The van der Waals surface area contributed by atoms with Crippen molar-refractivity contribution in [3.63, 3.8) is 0 Å². The molecular weight excluding hydrogens is 314 g/mol. The predicted molar refractivity (Wildman–Crippen MR) is 86.8 cm³/mol. The van der Waals surface area contributed by atoms with Crippen molar-refractivity contribution in [2.24, 2.45) is 0 Å². The van der Waals surface area contributed by atoms with E-state index >= 15 is 0 Å². The third-order valence-electron chi connectivity index (χ3n) is 3.68. The van der Waals surface area contributed by atoms with Crippen LogP contribution in [-0.4, -0.2) is 39.0 Å². The van der Waals surface area contributed by atoms with Gasteiger partial charge in [0.15, 0.2) is 0 Å². The summed E-state index contributed by atoms with van der Waals surface area (Å²) in [6, 6.07) is 16.4. The molecule has 0 saturated carbocycles. The Bertz CT molecular complexity index is 723. The average molecular weight is 333 g/mol. The fourth-order valence-corrected chi connectivity index (χ4v) is 3.79. The van der Waals surface area contributed by atoms with Crippen LogP contribution in [0.4, 0.5) is 0 Å². The molecule has 5 nitrogen and oxygen atoms in total. The Labute approximate surface area is 136 Å². The fraction of sp³-hybridized carbons (Fsp3) is 0.294. The van der Waals surface area contributed by atoms with Gasteiger partial charge in [-0.2, -0.15) is 4.31 Å². The Hall–Kier alpha value is -1.89. The van der Waals surface area contributed by atoms with E-state index in [4.69, 9.17) is 9.47 Å². The Kier molecular flexibility index (Phi) is 4.95. The minimum absolute atomic E-state index is 0.284. The summed E-state index contributed by atoms with van der Waals surface area (Å²) in [5.74, 6) is 0.648. The molecule has 1 aliphatic heterocycles. The van der Waals surface area contributed by atoms with Crippen LogP contribution in [0.1, 0.15) is 5.56 Å². The van der Waals surface area contributed by atoms with Gasteiger partial charge in [-0.05, 0) is 29.8 Å². The number of sulfonamides is 1. The first kappa shape index (κ1) is 16.0. The van der Waals surface area contributed by atoms with Crippen molar-refractivity contribution in [1.82, 2.24) is 4.31 Å². The summed E-state index contributed by atoms with van der Waals surface area (Å²) in [6.07, 6.45) is 0. The summed E-state index contributed by atoms with van der Waals surface area (Å²) >= 11 is 0. The van der Waals surface area contributed by atoms with E-state index in [9.17, 15) is 8.42 Å². The molecule has 0 spiro atoms. The molecule has 3 rings (SSSR count). The van der Waals surface area contributed by atoms with E-state index in [1.807, 2.05) is 30.3 Å². The zero-order valence-corrected chi connectivity index (χ0v) is 13.5. The lowest BCUT2D eigenvalue weighted by molar-refractivity contribution is 0.0730. The molecule has 0 aliphatic carbocycles. The third-order valence-corrected chi connectivity index (χ3v) is 5.59. The van der Waals surface area contributed by atoms with E-state index in [1.165, 1.54) is 4.31 Å². The molecule has 1 heterocycles. The third kappa shape index (κ3) is 3.90. The van der Waals surface area contributed by atoms with Crippen molar-refractivity contribution in [2.45, 2.75) is 11.5 Å². The summed E-state index contributed by atoms with van der Waals surface area (Å²) in [4.78, 5) is 0.284. The maximum atomic E-state index is 12.5. The largest absolute Gasteiger partial charge is 0.489 e. The van der Waals surface area contributed by atoms with Crippen molar-refractivity contribution in [3.05, 3.63) is 60.2 Å². The van der Waals surface area contributed by atoms with Crippen LogP contribution < -0.4 is 4.74 Å². The van der Waals surface area contributed by atoms with Crippen LogP contribution >= 0.6 is 0 Å². The van der Waals surface area contributed by atoms with Gasteiger partial charge in [0.25, 0.3) is 0 Å². The van der Waals surface area contributed by atoms with Gasteiger partial charge in [-0.1, -0.05) is 30.3 Å². The first-order valence-electron chi connectivity index (χ1n) is 7.51. The molecule has 0 atom stereocenters. The normalized spacial score (nSPS) is 16.2. The zero-order valence-electron chi connectivity index (χ0n) is 12.7. The molecule has 1 aliphatic rings. The lowest BCUT2D eigenvalue weighted by atomic mass is 10.2. The second-order valence-corrected chi connectivity index (χ2v) is 7.20. The molecule has 0 aromatic heterocycles. The molecule has 0 bridgehead atoms. The molecule has 1 fully saturated rings. The molecule has 2 aromatic carbocycles. The molecule has 122 valence electrons. The SMILES string of the molecule is O=S(=O)(c1ccc(OCc2ccccc2)cc1)N1CCOCC1. The quantitative estimate of drug-likeness (QED) is 0.842. The van der Waals surface area contributed by atoms with Crippen LogP contribution in [0.3, 0.4) is 0 Å². The molecule has 6 heteroatoms. The number of benzene rings is 2. The second kappa shape index (κ2) is 7.12. The van der Waals surface area contributed by atoms with Crippen molar-refractivity contribution in [3.8, 4) is 5.75 Å². The van der Waals surface area contributed by atoms with Gasteiger partial charge in [0, 0.05) is 13.1 Å². The standard InChI is InChI=1S/C17H19NO4S/c19-23(20,18-10-12-21-13-11-18)17-8-6-16(7-9-17)22-14-15-4-2-1-3-5-15/h1-9H,10-14H2. The minimum Gasteiger partial charge on any atom is -0.489 e. The Morgan fingerprint density at radius 1 is 0.957 bits per heavy atom. The van der Waals surface area contributed by atoms with E-state index in [0.29, 0.717) is 38.7 Å². The number of ether oxygens (including phenoxy) is 2. The highest BCUT2D eigenvalue weighted by Crippen LogP contribution is 2.21. The van der Waals surface area contributed by atoms with Crippen molar-refractivity contribution in [2.75, 3.05) is 26.3 Å².